The summed E-state index contributed by atoms with van der Waals surface area (Å²) in [6.45, 7) is 1.88. The predicted octanol–water partition coefficient (Wildman–Crippen LogP) is 5.59. The van der Waals surface area contributed by atoms with Gasteiger partial charge in [-0.3, -0.25) is 9.59 Å². The van der Waals surface area contributed by atoms with E-state index in [1.165, 1.54) is 11.0 Å². The minimum atomic E-state index is -0.428. The SMILES string of the molecule is Cc1ccc2cccc(OCc3c(Cl)ccc(N(C)C(=O)CNC(=O)/C=C/c4ccc(OCCO)cc4)c3Cl)c2n1. The summed E-state index contributed by atoms with van der Waals surface area (Å²) in [4.78, 5) is 31.1. The number of carbonyl (C=O) groups excluding carboxylic acids is 2. The van der Waals surface area contributed by atoms with Crippen LogP contribution in [-0.2, 0) is 16.2 Å². The highest BCUT2D eigenvalue weighted by atomic mass is 35.5. The first-order valence-electron chi connectivity index (χ1n) is 12.8. The molecule has 8 nitrogen and oxygen atoms in total. The number of para-hydroxylation sites is 1. The number of likely N-dealkylation sites (N-methyl/N-ethyl adjacent to an activating group) is 1. The number of benzene rings is 3. The van der Waals surface area contributed by atoms with Crippen LogP contribution in [0.15, 0.2) is 72.8 Å². The van der Waals surface area contributed by atoms with Crippen molar-refractivity contribution >= 4 is 57.7 Å². The van der Waals surface area contributed by atoms with Gasteiger partial charge in [0.05, 0.1) is 23.9 Å². The zero-order valence-corrected chi connectivity index (χ0v) is 24.1. The maximum Gasteiger partial charge on any atom is 0.246 e. The van der Waals surface area contributed by atoms with E-state index in [2.05, 4.69) is 10.3 Å². The molecule has 4 aromatic rings. The summed E-state index contributed by atoms with van der Waals surface area (Å²) in [5.41, 5.74) is 3.33. The van der Waals surface area contributed by atoms with Gasteiger partial charge in [0.2, 0.25) is 11.8 Å². The fourth-order valence-electron chi connectivity index (χ4n) is 3.95. The highest BCUT2D eigenvalue weighted by Crippen LogP contribution is 2.35. The molecular formula is C31H29Cl2N3O5. The number of pyridine rings is 1. The maximum absolute atomic E-state index is 12.9. The van der Waals surface area contributed by atoms with Crippen LogP contribution in [0.1, 0.15) is 16.8 Å². The van der Waals surface area contributed by atoms with E-state index in [1.807, 2.05) is 37.3 Å². The maximum atomic E-state index is 12.9. The van der Waals surface area contributed by atoms with Crippen molar-refractivity contribution in [2.75, 3.05) is 31.7 Å². The van der Waals surface area contributed by atoms with E-state index in [-0.39, 0.29) is 37.3 Å². The van der Waals surface area contributed by atoms with Crippen molar-refractivity contribution in [2.24, 2.45) is 0 Å². The van der Waals surface area contributed by atoms with Gasteiger partial charge in [-0.1, -0.05) is 53.5 Å². The van der Waals surface area contributed by atoms with Crippen molar-refractivity contribution in [3.63, 3.8) is 0 Å². The smallest absolute Gasteiger partial charge is 0.246 e. The first-order valence-corrected chi connectivity index (χ1v) is 13.5. The standard InChI is InChI=1S/C31H29Cl2N3O5/c1-20-6-10-22-4-3-5-27(31(22)35-20)41-19-24-25(32)13-14-26(30(24)33)36(2)29(39)18-34-28(38)15-9-21-7-11-23(12-8-21)40-17-16-37/h3-15,37H,16-19H2,1-2H3,(H,34,38)/b15-9+. The Bertz CT molecular complexity index is 1570. The molecule has 0 aliphatic carbocycles. The number of hydrogen-bond acceptors (Lipinski definition) is 6. The van der Waals surface area contributed by atoms with E-state index in [1.54, 1.807) is 49.5 Å². The van der Waals surface area contributed by atoms with Gasteiger partial charge in [0.1, 0.15) is 30.2 Å². The Morgan fingerprint density at radius 1 is 1.02 bits per heavy atom. The molecule has 0 bridgehead atoms. The number of amides is 2. The summed E-state index contributed by atoms with van der Waals surface area (Å²) in [7, 11) is 1.57. The van der Waals surface area contributed by atoms with Crippen molar-refractivity contribution in [1.82, 2.24) is 10.3 Å². The number of rotatable bonds is 11. The number of aliphatic hydroxyl groups excluding tert-OH is 1. The summed E-state index contributed by atoms with van der Waals surface area (Å²) < 4.78 is 11.4. The molecule has 0 saturated carbocycles. The van der Waals surface area contributed by atoms with Gasteiger partial charge in [0.15, 0.2) is 0 Å². The number of aryl methyl sites for hydroxylation is 1. The molecule has 2 N–H and O–H groups in total. The molecule has 0 unspecified atom stereocenters. The second-order valence-corrected chi connectivity index (χ2v) is 9.86. The topological polar surface area (TPSA) is 101 Å². The second-order valence-electron chi connectivity index (χ2n) is 9.07. The van der Waals surface area contributed by atoms with Crippen molar-refractivity contribution in [1.29, 1.82) is 0 Å². The van der Waals surface area contributed by atoms with E-state index < -0.39 is 5.91 Å². The first kappa shape index (κ1) is 29.9. The monoisotopic (exact) mass is 593 g/mol. The van der Waals surface area contributed by atoms with E-state index >= 15 is 0 Å². The van der Waals surface area contributed by atoms with Crippen LogP contribution in [0, 0.1) is 6.92 Å². The number of ether oxygens (including phenoxy) is 2. The molecule has 0 fully saturated rings. The molecule has 1 aromatic heterocycles. The third-order valence-corrected chi connectivity index (χ3v) is 6.95. The van der Waals surface area contributed by atoms with Crippen LogP contribution in [0.2, 0.25) is 10.0 Å². The van der Waals surface area contributed by atoms with Crippen LogP contribution in [0.3, 0.4) is 0 Å². The number of nitrogens with zero attached hydrogens (tertiary/aromatic N) is 2. The number of nitrogens with one attached hydrogen (secondary N) is 1. The van der Waals surface area contributed by atoms with Gasteiger partial charge in [0, 0.05) is 34.8 Å². The Labute approximate surface area is 248 Å². The quantitative estimate of drug-likeness (QED) is 0.220. The van der Waals surface area contributed by atoms with Crippen LogP contribution < -0.4 is 19.7 Å². The molecule has 10 heteroatoms. The fraction of sp³-hybridized carbons (Fsp3) is 0.194. The van der Waals surface area contributed by atoms with Gasteiger partial charge >= 0.3 is 0 Å². The lowest BCUT2D eigenvalue weighted by Gasteiger charge is -2.21. The van der Waals surface area contributed by atoms with Gasteiger partial charge in [-0.2, -0.15) is 0 Å². The number of carbonyl (C=O) groups is 2. The average Bonchev–Trinajstić information content (AvgIpc) is 2.98. The zero-order valence-electron chi connectivity index (χ0n) is 22.6. The Balaban J connectivity index is 1.37. The summed E-state index contributed by atoms with van der Waals surface area (Å²) >= 11 is 13.1. The molecule has 0 radical (unpaired) electrons. The fourth-order valence-corrected chi connectivity index (χ4v) is 4.55. The number of anilines is 1. The summed E-state index contributed by atoms with van der Waals surface area (Å²) in [5.74, 6) is 0.407. The minimum absolute atomic E-state index is 0.0678. The lowest BCUT2D eigenvalue weighted by molar-refractivity contribution is -0.122. The summed E-state index contributed by atoms with van der Waals surface area (Å²) in [6, 6.07) is 19.9. The van der Waals surface area contributed by atoms with E-state index in [0.717, 1.165) is 22.2 Å². The Hall–Kier alpha value is -4.11. The van der Waals surface area contributed by atoms with Crippen molar-refractivity contribution in [3.05, 3.63) is 99.7 Å². The van der Waals surface area contributed by atoms with Crippen LogP contribution in [0.4, 0.5) is 5.69 Å². The summed E-state index contributed by atoms with van der Waals surface area (Å²) in [5, 5.41) is 13.0. The summed E-state index contributed by atoms with van der Waals surface area (Å²) in [6.07, 6.45) is 2.96. The zero-order chi connectivity index (χ0) is 29.4. The molecule has 0 atom stereocenters. The molecule has 0 aliphatic rings. The molecule has 0 spiro atoms. The second kappa shape index (κ2) is 14.0. The third kappa shape index (κ3) is 7.76. The molecule has 0 saturated heterocycles. The average molecular weight is 594 g/mol. The Morgan fingerprint density at radius 2 is 1.80 bits per heavy atom. The predicted molar refractivity (Wildman–Crippen MR) is 162 cm³/mol. The first-order chi connectivity index (χ1) is 19.8. The molecular weight excluding hydrogens is 565 g/mol. The third-order valence-electron chi connectivity index (χ3n) is 6.18. The van der Waals surface area contributed by atoms with Gasteiger partial charge in [-0.25, -0.2) is 4.98 Å². The Kier molecular flexibility index (Phi) is 10.2. The van der Waals surface area contributed by atoms with Gasteiger partial charge in [-0.15, -0.1) is 0 Å². The molecule has 3 aromatic carbocycles. The molecule has 4 rings (SSSR count). The molecule has 41 heavy (non-hydrogen) atoms. The highest BCUT2D eigenvalue weighted by Gasteiger charge is 2.19. The largest absolute Gasteiger partial charge is 0.491 e. The molecule has 212 valence electrons. The lowest BCUT2D eigenvalue weighted by Crippen LogP contribution is -2.37. The number of halogens is 2. The minimum Gasteiger partial charge on any atom is -0.491 e. The van der Waals surface area contributed by atoms with Crippen molar-refractivity contribution in [2.45, 2.75) is 13.5 Å². The van der Waals surface area contributed by atoms with Gasteiger partial charge in [-0.05, 0) is 55.0 Å². The number of hydrogen-bond donors (Lipinski definition) is 2. The van der Waals surface area contributed by atoms with Crippen molar-refractivity contribution in [3.8, 4) is 11.5 Å². The number of fused-ring (bicyclic) bond motifs is 1. The van der Waals surface area contributed by atoms with Crippen molar-refractivity contribution < 1.29 is 24.2 Å². The number of aliphatic hydroxyl groups is 1. The normalized spacial score (nSPS) is 11.0. The van der Waals surface area contributed by atoms with E-state index in [0.29, 0.717) is 27.8 Å². The molecule has 2 amide bonds. The molecule has 0 aliphatic heterocycles. The van der Waals surface area contributed by atoms with Crippen LogP contribution in [0.25, 0.3) is 17.0 Å². The van der Waals surface area contributed by atoms with Crippen LogP contribution in [0.5, 0.6) is 11.5 Å². The molecule has 1 heterocycles. The number of aromatic nitrogens is 1. The lowest BCUT2D eigenvalue weighted by atomic mass is 10.1. The van der Waals surface area contributed by atoms with Crippen LogP contribution >= 0.6 is 23.2 Å². The van der Waals surface area contributed by atoms with Gasteiger partial charge in [0.25, 0.3) is 0 Å². The van der Waals surface area contributed by atoms with E-state index in [9.17, 15) is 9.59 Å². The Morgan fingerprint density at radius 3 is 2.56 bits per heavy atom. The highest BCUT2D eigenvalue weighted by molar-refractivity contribution is 6.38. The van der Waals surface area contributed by atoms with Crippen LogP contribution in [-0.4, -0.2) is 48.7 Å². The van der Waals surface area contributed by atoms with E-state index in [4.69, 9.17) is 37.8 Å². The van der Waals surface area contributed by atoms with Gasteiger partial charge < -0.3 is 24.8 Å².